The van der Waals surface area contributed by atoms with Gasteiger partial charge < -0.3 is 14.7 Å². The van der Waals surface area contributed by atoms with Crippen LogP contribution in [0.1, 0.15) is 80.0 Å². The molecule has 4 atom stereocenters. The Labute approximate surface area is 129 Å². The van der Waals surface area contributed by atoms with Gasteiger partial charge in [0, 0.05) is 17.8 Å². The van der Waals surface area contributed by atoms with Gasteiger partial charge in [-0.15, -0.1) is 0 Å². The molecule has 2 heterocycles. The molecule has 0 bridgehead atoms. The lowest BCUT2D eigenvalue weighted by atomic mass is 9.77. The Bertz CT molecular complexity index is 715. The zero-order chi connectivity index (χ0) is 14.9. The lowest BCUT2D eigenvalue weighted by Crippen LogP contribution is -2.44. The SMILES string of the molecule is CC1CC1c1ccc(C2CC2c2nc(C3(N)CCC3)no2)o1. The molecule has 3 fully saturated rings. The standard InChI is InChI=1S/C17H21N3O2/c1-9-7-10(9)13-3-4-14(21-13)11-8-12(11)15-19-16(20-22-15)17(18)5-2-6-17/h3-4,9-12H,2,5-8,18H2,1H3. The molecule has 0 aromatic carbocycles. The summed E-state index contributed by atoms with van der Waals surface area (Å²) >= 11 is 0. The highest BCUT2D eigenvalue weighted by Crippen LogP contribution is 2.56. The minimum Gasteiger partial charge on any atom is -0.465 e. The Morgan fingerprint density at radius 2 is 1.86 bits per heavy atom. The van der Waals surface area contributed by atoms with Crippen molar-refractivity contribution in [2.24, 2.45) is 11.7 Å². The van der Waals surface area contributed by atoms with E-state index in [1.165, 1.54) is 6.42 Å². The molecule has 0 spiro atoms. The summed E-state index contributed by atoms with van der Waals surface area (Å²) in [7, 11) is 0. The lowest BCUT2D eigenvalue weighted by molar-refractivity contribution is 0.229. The topological polar surface area (TPSA) is 78.1 Å². The molecule has 3 saturated carbocycles. The molecule has 0 radical (unpaired) electrons. The first-order chi connectivity index (χ1) is 10.6. The Balaban J connectivity index is 1.31. The minimum atomic E-state index is -0.341. The first-order valence-electron chi connectivity index (χ1n) is 8.37. The maximum Gasteiger partial charge on any atom is 0.230 e. The van der Waals surface area contributed by atoms with E-state index in [-0.39, 0.29) is 5.54 Å². The van der Waals surface area contributed by atoms with Crippen LogP contribution in [0.25, 0.3) is 0 Å². The molecule has 2 aromatic rings. The van der Waals surface area contributed by atoms with E-state index in [0.29, 0.717) is 23.6 Å². The van der Waals surface area contributed by atoms with Crippen molar-refractivity contribution in [3.8, 4) is 0 Å². The molecule has 0 amide bonds. The second kappa shape index (κ2) is 4.22. The van der Waals surface area contributed by atoms with Crippen LogP contribution in [0, 0.1) is 5.92 Å². The summed E-state index contributed by atoms with van der Waals surface area (Å²) in [6.45, 7) is 2.27. The van der Waals surface area contributed by atoms with Gasteiger partial charge in [0.05, 0.1) is 5.54 Å². The van der Waals surface area contributed by atoms with Crippen LogP contribution in [-0.2, 0) is 5.54 Å². The largest absolute Gasteiger partial charge is 0.465 e. The number of nitrogens with zero attached hydrogens (tertiary/aromatic N) is 2. The van der Waals surface area contributed by atoms with Gasteiger partial charge in [-0.1, -0.05) is 12.1 Å². The van der Waals surface area contributed by atoms with Crippen LogP contribution in [-0.4, -0.2) is 10.1 Å². The van der Waals surface area contributed by atoms with Crippen molar-refractivity contribution in [3.63, 3.8) is 0 Å². The van der Waals surface area contributed by atoms with Gasteiger partial charge >= 0.3 is 0 Å². The second-order valence-corrected chi connectivity index (χ2v) is 7.47. The van der Waals surface area contributed by atoms with E-state index in [4.69, 9.17) is 14.7 Å². The molecule has 3 aliphatic rings. The highest BCUT2D eigenvalue weighted by atomic mass is 16.5. The molecule has 0 saturated heterocycles. The molecule has 22 heavy (non-hydrogen) atoms. The molecular formula is C17H21N3O2. The fourth-order valence-corrected chi connectivity index (χ4v) is 3.64. The van der Waals surface area contributed by atoms with E-state index in [1.807, 2.05) is 0 Å². The van der Waals surface area contributed by atoms with Gasteiger partial charge in [-0.3, -0.25) is 0 Å². The summed E-state index contributed by atoms with van der Waals surface area (Å²) < 4.78 is 11.5. The number of rotatable bonds is 4. The van der Waals surface area contributed by atoms with Gasteiger partial charge in [-0.25, -0.2) is 0 Å². The number of aromatic nitrogens is 2. The molecule has 2 aromatic heterocycles. The van der Waals surface area contributed by atoms with Gasteiger partial charge in [0.25, 0.3) is 0 Å². The van der Waals surface area contributed by atoms with Crippen molar-refractivity contribution >= 4 is 0 Å². The van der Waals surface area contributed by atoms with Gasteiger partial charge in [0.2, 0.25) is 5.89 Å². The predicted molar refractivity (Wildman–Crippen MR) is 79.3 cm³/mol. The summed E-state index contributed by atoms with van der Waals surface area (Å²) in [6, 6.07) is 4.26. The average Bonchev–Trinajstić information content (AvgIpc) is 3.29. The van der Waals surface area contributed by atoms with E-state index < -0.39 is 0 Å². The summed E-state index contributed by atoms with van der Waals surface area (Å²) in [4.78, 5) is 4.56. The number of hydrogen-bond donors (Lipinski definition) is 1. The fraction of sp³-hybridized carbons (Fsp3) is 0.647. The third kappa shape index (κ3) is 1.88. The summed E-state index contributed by atoms with van der Waals surface area (Å²) in [5, 5.41) is 4.11. The molecule has 5 rings (SSSR count). The van der Waals surface area contributed by atoms with Crippen LogP contribution in [0.15, 0.2) is 21.1 Å². The average molecular weight is 299 g/mol. The summed E-state index contributed by atoms with van der Waals surface area (Å²) in [5.74, 6) is 5.75. The Kier molecular flexibility index (Phi) is 2.47. The van der Waals surface area contributed by atoms with Gasteiger partial charge in [-0.2, -0.15) is 4.98 Å². The minimum absolute atomic E-state index is 0.306. The quantitative estimate of drug-likeness (QED) is 0.936. The highest BCUT2D eigenvalue weighted by molar-refractivity contribution is 5.27. The number of nitrogens with two attached hydrogens (primary N) is 1. The monoisotopic (exact) mass is 299 g/mol. The van der Waals surface area contributed by atoms with E-state index in [1.54, 1.807) is 0 Å². The Morgan fingerprint density at radius 1 is 1.14 bits per heavy atom. The molecule has 0 aliphatic heterocycles. The van der Waals surface area contributed by atoms with E-state index in [2.05, 4.69) is 29.2 Å². The third-order valence-electron chi connectivity index (χ3n) is 5.73. The van der Waals surface area contributed by atoms with Crippen LogP contribution in [0.3, 0.4) is 0 Å². The van der Waals surface area contributed by atoms with Gasteiger partial charge in [0.1, 0.15) is 11.5 Å². The van der Waals surface area contributed by atoms with Crippen LogP contribution in [0.4, 0.5) is 0 Å². The van der Waals surface area contributed by atoms with Crippen molar-refractivity contribution in [1.29, 1.82) is 0 Å². The first kappa shape index (κ1) is 12.9. The molecule has 2 N–H and O–H groups in total. The maximum atomic E-state index is 6.26. The van der Waals surface area contributed by atoms with E-state index in [9.17, 15) is 0 Å². The molecular weight excluding hydrogens is 278 g/mol. The van der Waals surface area contributed by atoms with Crippen LogP contribution in [0.5, 0.6) is 0 Å². The Morgan fingerprint density at radius 3 is 2.50 bits per heavy atom. The zero-order valence-corrected chi connectivity index (χ0v) is 12.8. The lowest BCUT2D eigenvalue weighted by Gasteiger charge is -2.34. The predicted octanol–water partition coefficient (Wildman–Crippen LogP) is 3.40. The highest BCUT2D eigenvalue weighted by Gasteiger charge is 2.48. The third-order valence-corrected chi connectivity index (χ3v) is 5.73. The maximum absolute atomic E-state index is 6.26. The van der Waals surface area contributed by atoms with Gasteiger partial charge in [-0.05, 0) is 50.2 Å². The number of furan rings is 1. The molecule has 4 unspecified atom stereocenters. The van der Waals surface area contributed by atoms with Crippen molar-refractivity contribution in [2.75, 3.05) is 0 Å². The van der Waals surface area contributed by atoms with Crippen LogP contribution >= 0.6 is 0 Å². The molecule has 5 nitrogen and oxygen atoms in total. The Hall–Kier alpha value is -1.62. The van der Waals surface area contributed by atoms with E-state index >= 15 is 0 Å². The molecule has 116 valence electrons. The van der Waals surface area contributed by atoms with Crippen molar-refractivity contribution in [2.45, 2.75) is 62.3 Å². The van der Waals surface area contributed by atoms with Crippen molar-refractivity contribution in [1.82, 2.24) is 10.1 Å². The van der Waals surface area contributed by atoms with Gasteiger partial charge in [0.15, 0.2) is 5.82 Å². The normalized spacial score (nSPS) is 35.2. The fourth-order valence-electron chi connectivity index (χ4n) is 3.64. The number of hydrogen-bond acceptors (Lipinski definition) is 5. The first-order valence-corrected chi connectivity index (χ1v) is 8.37. The van der Waals surface area contributed by atoms with Crippen LogP contribution in [0.2, 0.25) is 0 Å². The second-order valence-electron chi connectivity index (χ2n) is 7.47. The summed E-state index contributed by atoms with van der Waals surface area (Å²) in [5.41, 5.74) is 5.92. The van der Waals surface area contributed by atoms with Crippen LogP contribution < -0.4 is 5.73 Å². The summed E-state index contributed by atoms with van der Waals surface area (Å²) in [6.07, 6.45) is 5.36. The van der Waals surface area contributed by atoms with E-state index in [0.717, 1.165) is 49.0 Å². The zero-order valence-electron chi connectivity index (χ0n) is 12.8. The smallest absolute Gasteiger partial charge is 0.230 e. The van der Waals surface area contributed by atoms with Crippen molar-refractivity contribution in [3.05, 3.63) is 35.4 Å². The molecule has 3 aliphatic carbocycles. The van der Waals surface area contributed by atoms with Crippen molar-refractivity contribution < 1.29 is 8.94 Å². The molecule has 5 heteroatoms.